The molecule has 5 atom stereocenters. The number of carboxylic acids is 1. The van der Waals surface area contributed by atoms with Gasteiger partial charge in [0.05, 0.1) is 0 Å². The molecule has 0 saturated carbocycles. The number of rotatable bonds is 2. The van der Waals surface area contributed by atoms with Crippen LogP contribution in [0.25, 0.3) is 0 Å². The van der Waals surface area contributed by atoms with Crippen LogP contribution in [0, 0.1) is 0 Å². The summed E-state index contributed by atoms with van der Waals surface area (Å²) in [6, 6.07) is 0. The van der Waals surface area contributed by atoms with E-state index in [-0.39, 0.29) is 51.4 Å². The molecular weight excluding hydrogens is 235 g/mol. The van der Waals surface area contributed by atoms with Gasteiger partial charge in [0.25, 0.3) is 0 Å². The number of hydrogen-bond donors (Lipinski definition) is 4. The SMILES string of the molecule is COC1OC(C(=O)O)C(O)C(O)C1O.[K+]. The van der Waals surface area contributed by atoms with E-state index in [2.05, 4.69) is 4.74 Å². The van der Waals surface area contributed by atoms with Gasteiger partial charge in [0.1, 0.15) is 18.3 Å². The molecule has 1 fully saturated rings. The number of aliphatic carboxylic acids is 1. The van der Waals surface area contributed by atoms with E-state index in [9.17, 15) is 20.1 Å². The van der Waals surface area contributed by atoms with E-state index in [1.54, 1.807) is 0 Å². The fourth-order valence-corrected chi connectivity index (χ4v) is 1.25. The van der Waals surface area contributed by atoms with Crippen LogP contribution in [0.5, 0.6) is 0 Å². The largest absolute Gasteiger partial charge is 1.00 e. The average molecular weight is 247 g/mol. The minimum atomic E-state index is -1.67. The van der Waals surface area contributed by atoms with Crippen molar-refractivity contribution < 1.29 is 86.1 Å². The van der Waals surface area contributed by atoms with Crippen molar-refractivity contribution in [2.24, 2.45) is 0 Å². The summed E-state index contributed by atoms with van der Waals surface area (Å²) < 4.78 is 9.31. The summed E-state index contributed by atoms with van der Waals surface area (Å²) in [5, 5.41) is 36.3. The molecule has 15 heavy (non-hydrogen) atoms. The monoisotopic (exact) mass is 247 g/mol. The number of carboxylic acid groups (broad SMARTS) is 1. The number of aliphatic hydroxyl groups is 3. The van der Waals surface area contributed by atoms with E-state index in [0.717, 1.165) is 0 Å². The zero-order valence-electron chi connectivity index (χ0n) is 8.40. The summed E-state index contributed by atoms with van der Waals surface area (Å²) in [4.78, 5) is 10.5. The van der Waals surface area contributed by atoms with Gasteiger partial charge in [-0.15, -0.1) is 0 Å². The van der Waals surface area contributed by atoms with Crippen LogP contribution in [0.15, 0.2) is 0 Å². The van der Waals surface area contributed by atoms with Gasteiger partial charge in [-0.3, -0.25) is 0 Å². The smallest absolute Gasteiger partial charge is 0.479 e. The Morgan fingerprint density at radius 1 is 1.20 bits per heavy atom. The third-order valence-corrected chi connectivity index (χ3v) is 2.05. The summed E-state index contributed by atoms with van der Waals surface area (Å²) in [5.41, 5.74) is 0. The molecule has 0 bridgehead atoms. The Labute approximate surface area is 128 Å². The molecule has 0 aromatic heterocycles. The summed E-state index contributed by atoms with van der Waals surface area (Å²) >= 11 is 0. The molecule has 5 unspecified atom stereocenters. The summed E-state index contributed by atoms with van der Waals surface area (Å²) in [6.45, 7) is 0. The maximum atomic E-state index is 10.5. The minimum Gasteiger partial charge on any atom is -0.479 e. The quantitative estimate of drug-likeness (QED) is 0.360. The number of methoxy groups -OCH3 is 1. The van der Waals surface area contributed by atoms with E-state index >= 15 is 0 Å². The third kappa shape index (κ3) is 3.43. The van der Waals surface area contributed by atoms with Gasteiger partial charge >= 0.3 is 57.4 Å². The molecule has 1 aliphatic heterocycles. The van der Waals surface area contributed by atoms with Crippen LogP contribution in [-0.2, 0) is 14.3 Å². The first-order valence-electron chi connectivity index (χ1n) is 3.94. The molecule has 0 aromatic rings. The molecule has 0 aromatic carbocycles. The fraction of sp³-hybridized carbons (Fsp3) is 0.857. The summed E-state index contributed by atoms with van der Waals surface area (Å²) in [7, 11) is 1.19. The van der Waals surface area contributed by atoms with Gasteiger partial charge in [-0.2, -0.15) is 0 Å². The maximum Gasteiger partial charge on any atom is 1.00 e. The Morgan fingerprint density at radius 2 is 1.73 bits per heavy atom. The summed E-state index contributed by atoms with van der Waals surface area (Å²) in [5.74, 6) is -1.43. The van der Waals surface area contributed by atoms with E-state index in [4.69, 9.17) is 9.84 Å². The van der Waals surface area contributed by atoms with Crippen LogP contribution in [-0.4, -0.2) is 64.2 Å². The van der Waals surface area contributed by atoms with E-state index in [0.29, 0.717) is 0 Å². The molecular formula is C7H12KO7+. The number of hydrogen-bond acceptors (Lipinski definition) is 6. The molecule has 1 aliphatic rings. The van der Waals surface area contributed by atoms with Crippen molar-refractivity contribution in [3.63, 3.8) is 0 Å². The Hall–Kier alpha value is 0.906. The van der Waals surface area contributed by atoms with E-state index < -0.39 is 36.7 Å². The fourth-order valence-electron chi connectivity index (χ4n) is 1.25. The molecule has 0 radical (unpaired) electrons. The molecule has 1 rings (SSSR count). The molecule has 4 N–H and O–H groups in total. The normalized spacial score (nSPS) is 40.7. The van der Waals surface area contributed by atoms with Crippen molar-refractivity contribution >= 4 is 5.97 Å². The van der Waals surface area contributed by atoms with Crippen LogP contribution in [0.2, 0.25) is 0 Å². The van der Waals surface area contributed by atoms with Crippen LogP contribution in [0.1, 0.15) is 0 Å². The Kier molecular flexibility index (Phi) is 6.99. The minimum absolute atomic E-state index is 0. The standard InChI is InChI=1S/C7H12O7.K/c1-13-7-4(10)2(8)3(9)5(14-7)6(11)12;/h2-5,7-10H,1H3,(H,11,12);/q;+1. The zero-order valence-corrected chi connectivity index (χ0v) is 11.5. The van der Waals surface area contributed by atoms with Gasteiger partial charge in [0.15, 0.2) is 12.4 Å². The van der Waals surface area contributed by atoms with Crippen LogP contribution < -0.4 is 51.4 Å². The first-order chi connectivity index (χ1) is 6.49. The van der Waals surface area contributed by atoms with Crippen molar-refractivity contribution in [2.75, 3.05) is 7.11 Å². The van der Waals surface area contributed by atoms with Gasteiger partial charge in [-0.1, -0.05) is 0 Å². The average Bonchev–Trinajstić information content (AvgIpc) is 2.14. The van der Waals surface area contributed by atoms with Crippen molar-refractivity contribution in [1.29, 1.82) is 0 Å². The second-order valence-corrected chi connectivity index (χ2v) is 2.97. The van der Waals surface area contributed by atoms with E-state index in [1.165, 1.54) is 7.11 Å². The van der Waals surface area contributed by atoms with Crippen molar-refractivity contribution in [3.05, 3.63) is 0 Å². The first-order valence-corrected chi connectivity index (χ1v) is 3.94. The van der Waals surface area contributed by atoms with Gasteiger partial charge in [-0.05, 0) is 0 Å². The van der Waals surface area contributed by atoms with Crippen molar-refractivity contribution in [2.45, 2.75) is 30.7 Å². The second kappa shape index (κ2) is 6.60. The van der Waals surface area contributed by atoms with Gasteiger partial charge in [0.2, 0.25) is 0 Å². The maximum absolute atomic E-state index is 10.5. The third-order valence-electron chi connectivity index (χ3n) is 2.05. The Bertz CT molecular complexity index is 221. The molecule has 8 heteroatoms. The van der Waals surface area contributed by atoms with Crippen LogP contribution in [0.4, 0.5) is 0 Å². The summed E-state index contributed by atoms with van der Waals surface area (Å²) in [6.07, 6.45) is -7.60. The Morgan fingerprint density at radius 3 is 2.13 bits per heavy atom. The molecule has 7 nitrogen and oxygen atoms in total. The van der Waals surface area contributed by atoms with Crippen molar-refractivity contribution in [3.8, 4) is 0 Å². The van der Waals surface area contributed by atoms with Gasteiger partial charge in [0, 0.05) is 7.11 Å². The second-order valence-electron chi connectivity index (χ2n) is 2.97. The van der Waals surface area contributed by atoms with Crippen LogP contribution >= 0.6 is 0 Å². The predicted octanol–water partition coefficient (Wildman–Crippen LogP) is -5.47. The van der Waals surface area contributed by atoms with Crippen LogP contribution in [0.3, 0.4) is 0 Å². The number of aliphatic hydroxyl groups excluding tert-OH is 3. The number of ether oxygens (including phenoxy) is 2. The van der Waals surface area contributed by atoms with Gasteiger partial charge < -0.3 is 29.9 Å². The molecule has 0 amide bonds. The Balaban J connectivity index is 0.00000196. The molecule has 1 saturated heterocycles. The van der Waals surface area contributed by atoms with Gasteiger partial charge in [-0.25, -0.2) is 4.79 Å². The first kappa shape index (κ1) is 15.9. The topological polar surface area (TPSA) is 116 Å². The number of carbonyl (C=O) groups is 1. The molecule has 82 valence electrons. The molecule has 0 spiro atoms. The van der Waals surface area contributed by atoms with Crippen molar-refractivity contribution in [1.82, 2.24) is 0 Å². The molecule has 0 aliphatic carbocycles. The molecule has 1 heterocycles. The predicted molar refractivity (Wildman–Crippen MR) is 41.3 cm³/mol. The van der Waals surface area contributed by atoms with E-state index in [1.807, 2.05) is 0 Å². The zero-order chi connectivity index (χ0) is 10.9.